The van der Waals surface area contributed by atoms with E-state index in [2.05, 4.69) is 51.6 Å². The summed E-state index contributed by atoms with van der Waals surface area (Å²) in [6.07, 6.45) is 0.840. The van der Waals surface area contributed by atoms with Crippen LogP contribution >= 0.6 is 0 Å². The van der Waals surface area contributed by atoms with Crippen LogP contribution in [0.3, 0.4) is 0 Å². The van der Waals surface area contributed by atoms with Crippen molar-refractivity contribution >= 4 is 16.6 Å². The average Bonchev–Trinajstić information content (AvgIpc) is 2.74. The van der Waals surface area contributed by atoms with E-state index < -0.39 is 0 Å². The molecular formula is C22H25N3O2. The molecule has 0 radical (unpaired) electrons. The molecular weight excluding hydrogens is 338 g/mol. The van der Waals surface area contributed by atoms with E-state index in [4.69, 9.17) is 9.47 Å². The Balaban J connectivity index is 1.38. The van der Waals surface area contributed by atoms with Gasteiger partial charge in [-0.25, -0.2) is 0 Å². The normalized spacial score (nSPS) is 14.3. The number of benzene rings is 2. The van der Waals surface area contributed by atoms with Gasteiger partial charge in [-0.05, 0) is 34.5 Å². The highest BCUT2D eigenvalue weighted by molar-refractivity contribution is 5.84. The Kier molecular flexibility index (Phi) is 5.39. The monoisotopic (exact) mass is 363 g/mol. The minimum Gasteiger partial charge on any atom is -0.497 e. The van der Waals surface area contributed by atoms with Crippen molar-refractivity contribution in [1.82, 2.24) is 10.3 Å². The first kappa shape index (κ1) is 17.6. The van der Waals surface area contributed by atoms with E-state index >= 15 is 0 Å². The van der Waals surface area contributed by atoms with E-state index in [1.165, 1.54) is 16.3 Å². The van der Waals surface area contributed by atoms with Gasteiger partial charge in [0, 0.05) is 38.7 Å². The molecule has 0 atom stereocenters. The predicted octanol–water partition coefficient (Wildman–Crippen LogP) is 3.27. The number of piperazine rings is 1. The van der Waals surface area contributed by atoms with Gasteiger partial charge in [0.2, 0.25) is 5.88 Å². The van der Waals surface area contributed by atoms with Crippen LogP contribution in [0.15, 0.2) is 54.6 Å². The van der Waals surface area contributed by atoms with Crippen LogP contribution in [-0.4, -0.2) is 44.9 Å². The lowest BCUT2D eigenvalue weighted by molar-refractivity contribution is 0.309. The summed E-state index contributed by atoms with van der Waals surface area (Å²) in [6.45, 7) is 4.57. The number of hydrogen-bond acceptors (Lipinski definition) is 5. The van der Waals surface area contributed by atoms with Crippen LogP contribution in [-0.2, 0) is 6.42 Å². The number of fused-ring (bicyclic) bond motifs is 1. The minimum absolute atomic E-state index is 0.605. The van der Waals surface area contributed by atoms with Gasteiger partial charge in [0.1, 0.15) is 11.6 Å². The summed E-state index contributed by atoms with van der Waals surface area (Å²) in [5.74, 6) is 2.56. The summed E-state index contributed by atoms with van der Waals surface area (Å²) in [7, 11) is 1.69. The second-order valence-electron chi connectivity index (χ2n) is 6.72. The van der Waals surface area contributed by atoms with E-state index in [-0.39, 0.29) is 0 Å². The molecule has 3 aromatic rings. The fraction of sp³-hybridized carbons (Fsp3) is 0.318. The molecule has 1 aliphatic heterocycles. The number of nitrogens with zero attached hydrogens (tertiary/aromatic N) is 2. The highest BCUT2D eigenvalue weighted by atomic mass is 16.5. The molecule has 1 N–H and O–H groups in total. The molecule has 0 unspecified atom stereocenters. The summed E-state index contributed by atoms with van der Waals surface area (Å²) in [5, 5.41) is 5.76. The van der Waals surface area contributed by atoms with E-state index in [0.717, 1.165) is 44.2 Å². The Morgan fingerprint density at radius 3 is 2.70 bits per heavy atom. The standard InChI is InChI=1S/C22H25N3O2/c1-26-20-8-7-18-6-5-17(15-19(18)16-20)9-14-27-22-4-2-3-21(24-22)25-12-10-23-11-13-25/h2-8,15-16,23H,9-14H2,1H3. The van der Waals surface area contributed by atoms with Gasteiger partial charge in [-0.1, -0.05) is 30.3 Å². The first-order chi connectivity index (χ1) is 13.3. The highest BCUT2D eigenvalue weighted by Gasteiger charge is 2.12. The number of methoxy groups -OCH3 is 1. The number of ether oxygens (including phenoxy) is 2. The summed E-state index contributed by atoms with van der Waals surface area (Å²) in [4.78, 5) is 6.95. The smallest absolute Gasteiger partial charge is 0.215 e. The first-order valence-corrected chi connectivity index (χ1v) is 9.44. The number of anilines is 1. The van der Waals surface area contributed by atoms with Crippen LogP contribution in [0.4, 0.5) is 5.82 Å². The largest absolute Gasteiger partial charge is 0.497 e. The van der Waals surface area contributed by atoms with E-state index in [1.54, 1.807) is 7.11 Å². The average molecular weight is 363 g/mol. The number of aromatic nitrogens is 1. The molecule has 5 nitrogen and oxygen atoms in total. The second kappa shape index (κ2) is 8.27. The lowest BCUT2D eigenvalue weighted by Crippen LogP contribution is -2.43. The van der Waals surface area contributed by atoms with Crippen molar-refractivity contribution in [2.45, 2.75) is 6.42 Å². The zero-order valence-electron chi connectivity index (χ0n) is 15.6. The third-order valence-corrected chi connectivity index (χ3v) is 4.90. The third-order valence-electron chi connectivity index (χ3n) is 4.90. The summed E-state index contributed by atoms with van der Waals surface area (Å²) in [6, 6.07) is 18.6. The van der Waals surface area contributed by atoms with Crippen molar-refractivity contribution in [2.75, 3.05) is 44.8 Å². The maximum absolute atomic E-state index is 5.92. The van der Waals surface area contributed by atoms with Gasteiger partial charge in [-0.3, -0.25) is 0 Å². The van der Waals surface area contributed by atoms with Crippen molar-refractivity contribution in [3.63, 3.8) is 0 Å². The lowest BCUT2D eigenvalue weighted by atomic mass is 10.1. The van der Waals surface area contributed by atoms with Gasteiger partial charge >= 0.3 is 0 Å². The fourth-order valence-corrected chi connectivity index (χ4v) is 3.38. The topological polar surface area (TPSA) is 46.6 Å². The first-order valence-electron chi connectivity index (χ1n) is 9.44. The van der Waals surface area contributed by atoms with Gasteiger partial charge in [0.25, 0.3) is 0 Å². The van der Waals surface area contributed by atoms with Gasteiger partial charge in [0.05, 0.1) is 13.7 Å². The van der Waals surface area contributed by atoms with E-state index in [9.17, 15) is 0 Å². The highest BCUT2D eigenvalue weighted by Crippen LogP contribution is 2.22. The van der Waals surface area contributed by atoms with Crippen LogP contribution in [0.5, 0.6) is 11.6 Å². The Morgan fingerprint density at radius 2 is 1.85 bits per heavy atom. The third kappa shape index (κ3) is 4.31. The van der Waals surface area contributed by atoms with Gasteiger partial charge in [-0.15, -0.1) is 0 Å². The van der Waals surface area contributed by atoms with Crippen LogP contribution in [0.25, 0.3) is 10.8 Å². The molecule has 5 heteroatoms. The fourth-order valence-electron chi connectivity index (χ4n) is 3.38. The molecule has 2 heterocycles. The van der Waals surface area contributed by atoms with Gasteiger partial charge in [0.15, 0.2) is 0 Å². The molecule has 0 spiro atoms. The van der Waals surface area contributed by atoms with Crippen molar-refractivity contribution in [1.29, 1.82) is 0 Å². The molecule has 27 heavy (non-hydrogen) atoms. The number of nitrogens with one attached hydrogen (secondary N) is 1. The predicted molar refractivity (Wildman–Crippen MR) is 109 cm³/mol. The van der Waals surface area contributed by atoms with Crippen LogP contribution in [0.1, 0.15) is 5.56 Å². The maximum atomic E-state index is 5.92. The van der Waals surface area contributed by atoms with Gasteiger partial charge < -0.3 is 19.7 Å². The second-order valence-corrected chi connectivity index (χ2v) is 6.72. The van der Waals surface area contributed by atoms with E-state index in [1.807, 2.05) is 18.2 Å². The number of pyridine rings is 1. The van der Waals surface area contributed by atoms with Crippen molar-refractivity contribution < 1.29 is 9.47 Å². The minimum atomic E-state index is 0.605. The Morgan fingerprint density at radius 1 is 1.00 bits per heavy atom. The van der Waals surface area contributed by atoms with Crippen LogP contribution in [0, 0.1) is 0 Å². The summed E-state index contributed by atoms with van der Waals surface area (Å²) < 4.78 is 11.2. The molecule has 140 valence electrons. The maximum Gasteiger partial charge on any atom is 0.215 e. The Labute approximate surface area is 159 Å². The van der Waals surface area contributed by atoms with Gasteiger partial charge in [-0.2, -0.15) is 4.98 Å². The zero-order chi connectivity index (χ0) is 18.5. The molecule has 1 aliphatic rings. The van der Waals surface area contributed by atoms with Crippen LogP contribution in [0.2, 0.25) is 0 Å². The molecule has 0 bridgehead atoms. The number of rotatable bonds is 6. The zero-order valence-corrected chi connectivity index (χ0v) is 15.6. The molecule has 1 aromatic heterocycles. The molecule has 0 saturated carbocycles. The summed E-state index contributed by atoms with van der Waals surface area (Å²) >= 11 is 0. The van der Waals surface area contributed by atoms with Crippen molar-refractivity contribution in [3.05, 3.63) is 60.2 Å². The molecule has 0 aliphatic carbocycles. The summed E-state index contributed by atoms with van der Waals surface area (Å²) in [5.41, 5.74) is 1.24. The Hall–Kier alpha value is -2.79. The SMILES string of the molecule is COc1ccc2ccc(CCOc3cccc(N4CCNCC4)n3)cc2c1. The van der Waals surface area contributed by atoms with Crippen LogP contribution < -0.4 is 19.7 Å². The quantitative estimate of drug-likeness (QED) is 0.728. The van der Waals surface area contributed by atoms with E-state index in [0.29, 0.717) is 12.5 Å². The molecule has 1 saturated heterocycles. The molecule has 1 fully saturated rings. The van der Waals surface area contributed by atoms with Crippen molar-refractivity contribution in [3.8, 4) is 11.6 Å². The lowest BCUT2D eigenvalue weighted by Gasteiger charge is -2.28. The molecule has 4 rings (SSSR count). The van der Waals surface area contributed by atoms with Crippen molar-refractivity contribution in [2.24, 2.45) is 0 Å². The molecule has 0 amide bonds. The number of hydrogen-bond donors (Lipinski definition) is 1. The molecule has 2 aromatic carbocycles. The Bertz CT molecular complexity index is 907.